The standard InChI is InChI=1S/C30H21NO10S3/c31-18-13-23(21-11-9-16-5-1-3-7-19(16)29(21)43(36,37)38)27-24(14-18)28(26(15-25(27)32)42(33,34)35)22-12-10-17-6-2-4-8-20(17)30(22)44(39,40)41/h1-15,32H,31H2,(H,33,34,35)(H,36,37,38)(H,39,40,41). The van der Waals surface area contributed by atoms with Crippen molar-refractivity contribution in [1.82, 2.24) is 0 Å². The van der Waals surface area contributed by atoms with E-state index in [0.29, 0.717) is 16.8 Å². The van der Waals surface area contributed by atoms with Gasteiger partial charge in [0.15, 0.2) is 0 Å². The highest BCUT2D eigenvalue weighted by Crippen LogP contribution is 2.48. The van der Waals surface area contributed by atoms with Gasteiger partial charge in [0, 0.05) is 44.6 Å². The third kappa shape index (κ3) is 4.83. The molecule has 0 aliphatic rings. The van der Waals surface area contributed by atoms with Crippen LogP contribution < -0.4 is 5.73 Å². The minimum Gasteiger partial charge on any atom is -0.507 e. The van der Waals surface area contributed by atoms with E-state index in [-0.39, 0.29) is 43.9 Å². The van der Waals surface area contributed by atoms with E-state index in [1.807, 2.05) is 0 Å². The number of benzene rings is 6. The monoisotopic (exact) mass is 651 g/mol. The van der Waals surface area contributed by atoms with Crippen molar-refractivity contribution in [2.24, 2.45) is 0 Å². The van der Waals surface area contributed by atoms with E-state index < -0.39 is 56.4 Å². The second-order valence-corrected chi connectivity index (χ2v) is 14.1. The normalized spacial score (nSPS) is 12.7. The molecule has 0 fully saturated rings. The van der Waals surface area contributed by atoms with Crippen LogP contribution in [0.25, 0.3) is 54.6 Å². The number of rotatable bonds is 5. The van der Waals surface area contributed by atoms with Gasteiger partial charge >= 0.3 is 0 Å². The highest BCUT2D eigenvalue weighted by molar-refractivity contribution is 7.86. The maximum atomic E-state index is 12.8. The summed E-state index contributed by atoms with van der Waals surface area (Å²) in [5, 5.41) is 11.9. The van der Waals surface area contributed by atoms with E-state index >= 15 is 0 Å². The fourth-order valence-electron chi connectivity index (χ4n) is 5.68. The quantitative estimate of drug-likeness (QED) is 0.116. The molecule has 6 rings (SSSR count). The van der Waals surface area contributed by atoms with E-state index in [1.54, 1.807) is 36.4 Å². The fraction of sp³-hybridized carbons (Fsp3) is 0. The summed E-state index contributed by atoms with van der Waals surface area (Å²) in [6.07, 6.45) is 0. The van der Waals surface area contributed by atoms with Crippen molar-refractivity contribution >= 4 is 68.4 Å². The second-order valence-electron chi connectivity index (χ2n) is 10.0. The first-order valence-corrected chi connectivity index (χ1v) is 17.0. The second kappa shape index (κ2) is 9.99. The molecule has 0 atom stereocenters. The zero-order chi connectivity index (χ0) is 31.8. The lowest BCUT2D eigenvalue weighted by Gasteiger charge is -2.20. The number of hydrogen-bond donors (Lipinski definition) is 5. The maximum absolute atomic E-state index is 12.8. The van der Waals surface area contributed by atoms with Crippen LogP contribution in [0.5, 0.6) is 5.75 Å². The van der Waals surface area contributed by atoms with Gasteiger partial charge in [-0.25, -0.2) is 0 Å². The Bertz CT molecular complexity index is 2550. The van der Waals surface area contributed by atoms with Crippen LogP contribution in [-0.4, -0.2) is 44.0 Å². The lowest BCUT2D eigenvalue weighted by atomic mass is 9.90. The molecule has 0 aliphatic heterocycles. The third-order valence-corrected chi connectivity index (χ3v) is 10.1. The van der Waals surface area contributed by atoms with Gasteiger partial charge in [0.1, 0.15) is 20.4 Å². The van der Waals surface area contributed by atoms with Crippen molar-refractivity contribution in [3.8, 4) is 28.0 Å². The van der Waals surface area contributed by atoms with E-state index in [4.69, 9.17) is 5.73 Å². The van der Waals surface area contributed by atoms with Crippen LogP contribution >= 0.6 is 0 Å². The molecular formula is C30H21NO10S3. The molecule has 6 aromatic carbocycles. The highest BCUT2D eigenvalue weighted by atomic mass is 32.2. The maximum Gasteiger partial charge on any atom is 0.295 e. The average molecular weight is 652 g/mol. The molecule has 0 heterocycles. The molecule has 0 saturated carbocycles. The van der Waals surface area contributed by atoms with Gasteiger partial charge in [-0.1, -0.05) is 72.8 Å². The summed E-state index contributed by atoms with van der Waals surface area (Å²) < 4.78 is 107. The van der Waals surface area contributed by atoms with Crippen molar-refractivity contribution in [2.75, 3.05) is 5.73 Å². The number of nitrogens with two attached hydrogens (primary N) is 1. The lowest BCUT2D eigenvalue weighted by Crippen LogP contribution is -2.07. The fourth-order valence-corrected chi connectivity index (χ4v) is 8.25. The Morgan fingerprint density at radius 1 is 0.523 bits per heavy atom. The third-order valence-electron chi connectivity index (χ3n) is 7.31. The molecule has 0 radical (unpaired) electrons. The molecule has 14 heteroatoms. The molecule has 0 saturated heterocycles. The average Bonchev–Trinajstić information content (AvgIpc) is 2.93. The number of phenolic OH excluding ortho intramolecular Hbond substituents is 1. The van der Waals surface area contributed by atoms with E-state index in [0.717, 1.165) is 0 Å². The Kier molecular flexibility index (Phi) is 6.69. The van der Waals surface area contributed by atoms with Crippen molar-refractivity contribution in [3.63, 3.8) is 0 Å². The molecule has 0 unspecified atom stereocenters. The highest BCUT2D eigenvalue weighted by Gasteiger charge is 2.30. The molecule has 224 valence electrons. The minimum absolute atomic E-state index is 0.0299. The molecule has 11 nitrogen and oxygen atoms in total. The Labute approximate surface area is 251 Å². The SMILES string of the molecule is Nc1cc(-c2ccc3ccccc3c2S(=O)(=O)O)c2c(O)cc(S(=O)(=O)O)c(-c3ccc4ccccc4c3S(=O)(=O)O)c2c1. The zero-order valence-electron chi connectivity index (χ0n) is 22.2. The molecule has 0 bridgehead atoms. The van der Waals surface area contributed by atoms with Gasteiger partial charge in [-0.05, 0) is 33.9 Å². The van der Waals surface area contributed by atoms with Crippen LogP contribution in [0.4, 0.5) is 5.69 Å². The van der Waals surface area contributed by atoms with Crippen molar-refractivity contribution < 1.29 is 44.0 Å². The van der Waals surface area contributed by atoms with Crippen LogP contribution in [0, 0.1) is 0 Å². The summed E-state index contributed by atoms with van der Waals surface area (Å²) >= 11 is 0. The van der Waals surface area contributed by atoms with Gasteiger partial charge in [0.25, 0.3) is 30.4 Å². The van der Waals surface area contributed by atoms with Crippen LogP contribution in [0.15, 0.2) is 106 Å². The number of fused-ring (bicyclic) bond motifs is 3. The molecular weight excluding hydrogens is 631 g/mol. The van der Waals surface area contributed by atoms with Crippen LogP contribution in [0.1, 0.15) is 0 Å². The lowest BCUT2D eigenvalue weighted by molar-refractivity contribution is 0.471. The molecule has 0 aliphatic carbocycles. The van der Waals surface area contributed by atoms with E-state index in [2.05, 4.69) is 0 Å². The predicted octanol–water partition coefficient (Wildman–Crippen LogP) is 5.51. The number of anilines is 1. The van der Waals surface area contributed by atoms with Gasteiger partial charge in [-0.15, -0.1) is 0 Å². The molecule has 0 spiro atoms. The van der Waals surface area contributed by atoms with Crippen molar-refractivity contribution in [3.05, 3.63) is 91.0 Å². The molecule has 6 aromatic rings. The smallest absolute Gasteiger partial charge is 0.295 e. The molecule has 6 N–H and O–H groups in total. The van der Waals surface area contributed by atoms with Crippen LogP contribution in [0.3, 0.4) is 0 Å². The minimum atomic E-state index is -5.17. The van der Waals surface area contributed by atoms with Gasteiger partial charge in [0.2, 0.25) is 0 Å². The Hall–Kier alpha value is -4.57. The Morgan fingerprint density at radius 2 is 1.02 bits per heavy atom. The van der Waals surface area contributed by atoms with Crippen LogP contribution in [0.2, 0.25) is 0 Å². The van der Waals surface area contributed by atoms with Crippen LogP contribution in [-0.2, 0) is 30.4 Å². The molecule has 0 amide bonds. The predicted molar refractivity (Wildman–Crippen MR) is 165 cm³/mol. The first-order chi connectivity index (χ1) is 20.6. The van der Waals surface area contributed by atoms with E-state index in [1.165, 1.54) is 48.5 Å². The summed E-state index contributed by atoms with van der Waals surface area (Å²) in [5.41, 5.74) is 5.18. The van der Waals surface area contributed by atoms with E-state index in [9.17, 15) is 44.0 Å². The van der Waals surface area contributed by atoms with Gasteiger partial charge in [0.05, 0.1) is 0 Å². The first kappa shape index (κ1) is 29.5. The zero-order valence-corrected chi connectivity index (χ0v) is 24.7. The summed E-state index contributed by atoms with van der Waals surface area (Å²) in [7, 11) is -15.1. The molecule has 44 heavy (non-hydrogen) atoms. The first-order valence-electron chi connectivity index (χ1n) is 12.6. The summed E-state index contributed by atoms with van der Waals surface area (Å²) in [6, 6.07) is 21.2. The number of phenols is 1. The van der Waals surface area contributed by atoms with Crippen molar-refractivity contribution in [2.45, 2.75) is 14.7 Å². The summed E-state index contributed by atoms with van der Waals surface area (Å²) in [5.74, 6) is -0.741. The largest absolute Gasteiger partial charge is 0.507 e. The van der Waals surface area contributed by atoms with Gasteiger partial charge in [-0.2, -0.15) is 25.3 Å². The number of nitrogen functional groups attached to an aromatic ring is 1. The Balaban J connectivity index is 1.87. The molecule has 0 aromatic heterocycles. The van der Waals surface area contributed by atoms with Gasteiger partial charge < -0.3 is 10.8 Å². The topological polar surface area (TPSA) is 209 Å². The summed E-state index contributed by atoms with van der Waals surface area (Å²) in [6.45, 7) is 0. The Morgan fingerprint density at radius 3 is 1.55 bits per heavy atom. The summed E-state index contributed by atoms with van der Waals surface area (Å²) in [4.78, 5) is -2.11. The van der Waals surface area contributed by atoms with Crippen molar-refractivity contribution in [1.29, 1.82) is 0 Å². The number of aromatic hydroxyl groups is 1. The van der Waals surface area contributed by atoms with Gasteiger partial charge in [-0.3, -0.25) is 13.7 Å². The number of hydrogen-bond acceptors (Lipinski definition) is 8.